The van der Waals surface area contributed by atoms with Crippen molar-refractivity contribution in [1.29, 1.82) is 0 Å². The summed E-state index contributed by atoms with van der Waals surface area (Å²) in [7, 11) is 4.03. The van der Waals surface area contributed by atoms with E-state index >= 15 is 0 Å². The average molecular weight is 318 g/mol. The van der Waals surface area contributed by atoms with E-state index in [9.17, 15) is 9.90 Å². The first kappa shape index (κ1) is 18.0. The molecule has 23 heavy (non-hydrogen) atoms. The minimum absolute atomic E-state index is 0.0695. The Hall–Kier alpha value is -1.39. The van der Waals surface area contributed by atoms with Crippen molar-refractivity contribution in [1.82, 2.24) is 9.80 Å². The Bertz CT molecular complexity index is 481. The van der Waals surface area contributed by atoms with Crippen LogP contribution in [0.4, 0.5) is 0 Å². The second-order valence-electron chi connectivity index (χ2n) is 7.07. The second kappa shape index (κ2) is 8.46. The average Bonchev–Trinajstić information content (AvgIpc) is 2.52. The molecule has 1 saturated carbocycles. The van der Waals surface area contributed by atoms with E-state index in [0.29, 0.717) is 13.1 Å². The van der Waals surface area contributed by atoms with Crippen LogP contribution < -0.4 is 0 Å². The quantitative estimate of drug-likeness (QED) is 0.840. The van der Waals surface area contributed by atoms with Crippen LogP contribution in [0.5, 0.6) is 0 Å². The maximum atomic E-state index is 12.8. The zero-order chi connectivity index (χ0) is 16.7. The second-order valence-corrected chi connectivity index (χ2v) is 7.07. The Labute approximate surface area is 140 Å². The molecule has 0 heterocycles. The van der Waals surface area contributed by atoms with E-state index in [1.165, 1.54) is 6.42 Å². The Balaban J connectivity index is 2.01. The third-order valence-corrected chi connectivity index (χ3v) is 4.65. The van der Waals surface area contributed by atoms with Crippen molar-refractivity contribution < 1.29 is 9.90 Å². The number of benzene rings is 1. The Kier molecular flexibility index (Phi) is 6.60. The van der Waals surface area contributed by atoms with Gasteiger partial charge in [-0.2, -0.15) is 0 Å². The predicted molar refractivity (Wildman–Crippen MR) is 93.1 cm³/mol. The molecule has 0 bridgehead atoms. The fraction of sp³-hybridized carbons (Fsp3) is 0.632. The molecule has 0 saturated heterocycles. The van der Waals surface area contributed by atoms with Gasteiger partial charge in [0.05, 0.1) is 12.0 Å². The minimum Gasteiger partial charge on any atom is -0.389 e. The molecule has 1 N–H and O–H groups in total. The molecule has 1 aliphatic carbocycles. The molecule has 1 aromatic carbocycles. The molecule has 4 nitrogen and oxygen atoms in total. The topological polar surface area (TPSA) is 43.8 Å². The zero-order valence-corrected chi connectivity index (χ0v) is 14.5. The lowest BCUT2D eigenvalue weighted by Crippen LogP contribution is -2.42. The van der Waals surface area contributed by atoms with Crippen LogP contribution in [0.1, 0.15) is 44.1 Å². The number of nitrogens with zero attached hydrogens (tertiary/aromatic N) is 2. The van der Waals surface area contributed by atoms with Crippen LogP contribution in [-0.4, -0.2) is 53.6 Å². The summed E-state index contributed by atoms with van der Waals surface area (Å²) in [4.78, 5) is 16.8. The van der Waals surface area contributed by atoms with Gasteiger partial charge in [-0.1, -0.05) is 49.6 Å². The van der Waals surface area contributed by atoms with Gasteiger partial charge in [0.25, 0.3) is 0 Å². The zero-order valence-electron chi connectivity index (χ0n) is 14.5. The fourth-order valence-corrected chi connectivity index (χ4v) is 3.20. The van der Waals surface area contributed by atoms with Crippen molar-refractivity contribution in [2.24, 2.45) is 0 Å². The third kappa shape index (κ3) is 5.96. The normalized spacial score (nSPS) is 17.2. The van der Waals surface area contributed by atoms with Gasteiger partial charge in [0.15, 0.2) is 0 Å². The van der Waals surface area contributed by atoms with E-state index in [0.717, 1.165) is 37.8 Å². The van der Waals surface area contributed by atoms with Gasteiger partial charge in [-0.05, 0) is 32.5 Å². The van der Waals surface area contributed by atoms with Crippen molar-refractivity contribution in [2.75, 3.05) is 27.2 Å². The number of hydrogen-bond donors (Lipinski definition) is 1. The summed E-state index contributed by atoms with van der Waals surface area (Å²) in [6, 6.07) is 10.1. The van der Waals surface area contributed by atoms with Gasteiger partial charge in [0, 0.05) is 19.6 Å². The number of carbonyl (C=O) groups is 1. The molecule has 1 fully saturated rings. The SMILES string of the molecule is CN(C)CCN(Cc1ccccc1)C(=O)CC1(O)CCCCC1. The molecule has 128 valence electrons. The van der Waals surface area contributed by atoms with Gasteiger partial charge in [0.2, 0.25) is 5.91 Å². The number of amides is 1. The number of rotatable bonds is 7. The van der Waals surface area contributed by atoms with Crippen LogP contribution in [-0.2, 0) is 11.3 Å². The van der Waals surface area contributed by atoms with Crippen molar-refractivity contribution in [3.8, 4) is 0 Å². The lowest BCUT2D eigenvalue weighted by atomic mass is 9.82. The summed E-state index contributed by atoms with van der Waals surface area (Å²) in [6.07, 6.45) is 5.00. The first-order chi connectivity index (χ1) is 11.0. The van der Waals surface area contributed by atoms with Gasteiger partial charge < -0.3 is 14.9 Å². The Morgan fingerprint density at radius 3 is 2.35 bits per heavy atom. The molecule has 2 rings (SSSR count). The van der Waals surface area contributed by atoms with E-state index in [1.807, 2.05) is 49.3 Å². The monoisotopic (exact) mass is 318 g/mol. The predicted octanol–water partition coefficient (Wildman–Crippen LogP) is 2.66. The van der Waals surface area contributed by atoms with Crippen LogP contribution in [0.15, 0.2) is 30.3 Å². The van der Waals surface area contributed by atoms with Gasteiger partial charge >= 0.3 is 0 Å². The summed E-state index contributed by atoms with van der Waals surface area (Å²) < 4.78 is 0. The van der Waals surface area contributed by atoms with Crippen LogP contribution in [0.2, 0.25) is 0 Å². The van der Waals surface area contributed by atoms with E-state index in [4.69, 9.17) is 0 Å². The summed E-state index contributed by atoms with van der Waals surface area (Å²) in [6.45, 7) is 2.14. The number of hydrogen-bond acceptors (Lipinski definition) is 3. The fourth-order valence-electron chi connectivity index (χ4n) is 3.20. The largest absolute Gasteiger partial charge is 0.389 e. The molecular weight excluding hydrogens is 288 g/mol. The molecular formula is C19H30N2O2. The summed E-state index contributed by atoms with van der Waals surface area (Å²) in [5.41, 5.74) is 0.345. The minimum atomic E-state index is -0.789. The first-order valence-corrected chi connectivity index (χ1v) is 8.67. The lowest BCUT2D eigenvalue weighted by molar-refractivity contribution is -0.138. The highest BCUT2D eigenvalue weighted by Crippen LogP contribution is 2.31. The lowest BCUT2D eigenvalue weighted by Gasteiger charge is -2.34. The number of likely N-dealkylation sites (N-methyl/N-ethyl adjacent to an activating group) is 1. The third-order valence-electron chi connectivity index (χ3n) is 4.65. The molecule has 1 aliphatic rings. The molecule has 0 spiro atoms. The van der Waals surface area contributed by atoms with Crippen LogP contribution >= 0.6 is 0 Å². The van der Waals surface area contributed by atoms with Crippen molar-refractivity contribution in [3.05, 3.63) is 35.9 Å². The van der Waals surface area contributed by atoms with Gasteiger partial charge in [-0.15, -0.1) is 0 Å². The molecule has 4 heteroatoms. The molecule has 0 aromatic heterocycles. The highest BCUT2D eigenvalue weighted by atomic mass is 16.3. The number of carbonyl (C=O) groups excluding carboxylic acids is 1. The van der Waals surface area contributed by atoms with Crippen molar-refractivity contribution >= 4 is 5.91 Å². The Morgan fingerprint density at radius 2 is 1.74 bits per heavy atom. The van der Waals surface area contributed by atoms with Crippen LogP contribution in [0.3, 0.4) is 0 Å². The summed E-state index contributed by atoms with van der Waals surface area (Å²) in [5.74, 6) is 0.0695. The van der Waals surface area contributed by atoms with Gasteiger partial charge in [-0.3, -0.25) is 4.79 Å². The van der Waals surface area contributed by atoms with E-state index in [1.54, 1.807) is 0 Å². The standard InChI is InChI=1S/C19H30N2O2/c1-20(2)13-14-21(16-17-9-5-3-6-10-17)18(22)15-19(23)11-7-4-8-12-19/h3,5-6,9-10,23H,4,7-8,11-16H2,1-2H3. The molecule has 1 amide bonds. The molecule has 0 aliphatic heterocycles. The van der Waals surface area contributed by atoms with E-state index in [2.05, 4.69) is 4.90 Å². The van der Waals surface area contributed by atoms with Crippen molar-refractivity contribution in [2.45, 2.75) is 50.7 Å². The maximum absolute atomic E-state index is 12.8. The summed E-state index contributed by atoms with van der Waals surface area (Å²) >= 11 is 0. The highest BCUT2D eigenvalue weighted by Gasteiger charge is 2.33. The van der Waals surface area contributed by atoms with E-state index < -0.39 is 5.60 Å². The molecule has 1 aromatic rings. The van der Waals surface area contributed by atoms with Gasteiger partial charge in [0.1, 0.15) is 0 Å². The van der Waals surface area contributed by atoms with Crippen molar-refractivity contribution in [3.63, 3.8) is 0 Å². The Morgan fingerprint density at radius 1 is 1.09 bits per heavy atom. The smallest absolute Gasteiger partial charge is 0.225 e. The molecule has 0 unspecified atom stereocenters. The molecule has 0 radical (unpaired) electrons. The van der Waals surface area contributed by atoms with E-state index in [-0.39, 0.29) is 12.3 Å². The first-order valence-electron chi connectivity index (χ1n) is 8.67. The number of aliphatic hydroxyl groups is 1. The van der Waals surface area contributed by atoms with Crippen LogP contribution in [0, 0.1) is 0 Å². The highest BCUT2D eigenvalue weighted by molar-refractivity contribution is 5.77. The van der Waals surface area contributed by atoms with Gasteiger partial charge in [-0.25, -0.2) is 0 Å². The maximum Gasteiger partial charge on any atom is 0.225 e. The molecule has 0 atom stereocenters. The van der Waals surface area contributed by atoms with Crippen LogP contribution in [0.25, 0.3) is 0 Å². The summed E-state index contributed by atoms with van der Waals surface area (Å²) in [5, 5.41) is 10.7.